The van der Waals surface area contributed by atoms with Crippen LogP contribution in [-0.4, -0.2) is 18.8 Å². The Labute approximate surface area is 175 Å². The molecule has 0 amide bonds. The number of hydrogen-bond acceptors (Lipinski definition) is 2. The molecule has 0 radical (unpaired) electrons. The average molecular weight is 434 g/mol. The Morgan fingerprint density at radius 3 is 2.33 bits per heavy atom. The van der Waals surface area contributed by atoms with Gasteiger partial charge in [-0.15, -0.1) is 0 Å². The smallest absolute Gasteiger partial charge is 0.400 e. The van der Waals surface area contributed by atoms with E-state index in [0.717, 1.165) is 26.4 Å². The van der Waals surface area contributed by atoms with Crippen LogP contribution in [0, 0.1) is 42.1 Å². The Bertz CT molecular complexity index is 708. The van der Waals surface area contributed by atoms with E-state index in [2.05, 4.69) is 6.92 Å². The zero-order valence-corrected chi connectivity index (χ0v) is 17.7. The summed E-state index contributed by atoms with van der Waals surface area (Å²) in [6.07, 6.45) is 3.95. The second-order valence-electron chi connectivity index (χ2n) is 8.84. The van der Waals surface area contributed by atoms with Gasteiger partial charge in [-0.05, 0) is 63.7 Å². The van der Waals surface area contributed by atoms with Crippen LogP contribution in [0.5, 0.6) is 5.75 Å². The number of ether oxygens (including phenoxy) is 2. The Morgan fingerprint density at radius 2 is 1.73 bits per heavy atom. The SMILES string of the molecule is CCCCC1CCC(C2CCC(C(F)(F)Oc3cc(F)c(F)c(F)c3C)CC2)OC1. The second-order valence-corrected chi connectivity index (χ2v) is 8.84. The maximum absolute atomic E-state index is 14.7. The van der Waals surface area contributed by atoms with Crippen LogP contribution in [0.1, 0.15) is 70.3 Å². The molecule has 7 heteroatoms. The fraction of sp³-hybridized carbons (Fsp3) is 0.739. The zero-order chi connectivity index (χ0) is 21.9. The molecule has 1 aliphatic heterocycles. The summed E-state index contributed by atoms with van der Waals surface area (Å²) >= 11 is 0. The Morgan fingerprint density at radius 1 is 1.03 bits per heavy atom. The molecular weight excluding hydrogens is 403 g/mol. The highest BCUT2D eigenvalue weighted by molar-refractivity contribution is 5.35. The van der Waals surface area contributed by atoms with Crippen LogP contribution in [0.25, 0.3) is 0 Å². The van der Waals surface area contributed by atoms with Crippen LogP contribution in [0.4, 0.5) is 22.0 Å². The monoisotopic (exact) mass is 434 g/mol. The van der Waals surface area contributed by atoms with Gasteiger partial charge in [-0.1, -0.05) is 19.8 Å². The van der Waals surface area contributed by atoms with Crippen molar-refractivity contribution in [1.82, 2.24) is 0 Å². The Balaban J connectivity index is 1.53. The third kappa shape index (κ3) is 5.27. The van der Waals surface area contributed by atoms with E-state index in [-0.39, 0.29) is 24.9 Å². The fourth-order valence-electron chi connectivity index (χ4n) is 4.75. The van der Waals surface area contributed by atoms with E-state index in [4.69, 9.17) is 9.47 Å². The first-order valence-electron chi connectivity index (χ1n) is 11.0. The van der Waals surface area contributed by atoms with Gasteiger partial charge >= 0.3 is 6.11 Å². The summed E-state index contributed by atoms with van der Waals surface area (Å²) in [5.74, 6) is -5.58. The average Bonchev–Trinajstić information content (AvgIpc) is 2.75. The lowest BCUT2D eigenvalue weighted by atomic mass is 9.76. The number of halogens is 5. The predicted octanol–water partition coefficient (Wildman–Crippen LogP) is 7.18. The summed E-state index contributed by atoms with van der Waals surface area (Å²) in [6.45, 7) is 4.02. The molecule has 1 aromatic rings. The van der Waals surface area contributed by atoms with Gasteiger partial charge in [-0.25, -0.2) is 13.2 Å². The summed E-state index contributed by atoms with van der Waals surface area (Å²) in [5, 5.41) is 0. The predicted molar refractivity (Wildman–Crippen MR) is 104 cm³/mol. The summed E-state index contributed by atoms with van der Waals surface area (Å²) in [5.41, 5.74) is -0.463. The van der Waals surface area contributed by atoms with Crippen molar-refractivity contribution >= 4 is 0 Å². The lowest BCUT2D eigenvalue weighted by Gasteiger charge is -2.39. The van der Waals surface area contributed by atoms with E-state index in [0.29, 0.717) is 24.8 Å². The summed E-state index contributed by atoms with van der Waals surface area (Å²) in [6, 6.07) is 0.484. The highest BCUT2D eigenvalue weighted by atomic mass is 19.3. The molecule has 2 atom stereocenters. The van der Waals surface area contributed by atoms with Gasteiger partial charge in [0.1, 0.15) is 5.75 Å². The van der Waals surface area contributed by atoms with Crippen molar-refractivity contribution in [2.24, 2.45) is 17.8 Å². The Kier molecular flexibility index (Phi) is 7.64. The first-order valence-corrected chi connectivity index (χ1v) is 11.0. The molecule has 0 aromatic heterocycles. The molecule has 2 aliphatic rings. The zero-order valence-electron chi connectivity index (χ0n) is 17.7. The molecule has 2 nitrogen and oxygen atoms in total. The van der Waals surface area contributed by atoms with Gasteiger partial charge in [0.2, 0.25) is 0 Å². The van der Waals surface area contributed by atoms with Crippen LogP contribution in [0.15, 0.2) is 6.07 Å². The molecule has 0 spiro atoms. The third-order valence-corrected chi connectivity index (χ3v) is 6.75. The van der Waals surface area contributed by atoms with Crippen molar-refractivity contribution in [3.63, 3.8) is 0 Å². The van der Waals surface area contributed by atoms with E-state index in [1.165, 1.54) is 19.3 Å². The molecule has 0 bridgehead atoms. The Hall–Kier alpha value is -1.37. The molecule has 3 rings (SSSR count). The molecule has 30 heavy (non-hydrogen) atoms. The third-order valence-electron chi connectivity index (χ3n) is 6.75. The largest absolute Gasteiger partial charge is 0.432 e. The van der Waals surface area contributed by atoms with E-state index < -0.39 is 40.8 Å². The highest BCUT2D eigenvalue weighted by Gasteiger charge is 2.45. The van der Waals surface area contributed by atoms with Crippen LogP contribution in [0.3, 0.4) is 0 Å². The first kappa shape index (κ1) is 23.3. The summed E-state index contributed by atoms with van der Waals surface area (Å²) in [4.78, 5) is 0. The molecule has 1 aromatic carbocycles. The van der Waals surface area contributed by atoms with Crippen molar-refractivity contribution < 1.29 is 31.4 Å². The maximum atomic E-state index is 14.7. The van der Waals surface area contributed by atoms with E-state index in [1.54, 1.807) is 0 Å². The van der Waals surface area contributed by atoms with Crippen molar-refractivity contribution in [2.45, 2.75) is 83.8 Å². The first-order chi connectivity index (χ1) is 14.2. The van der Waals surface area contributed by atoms with Crippen molar-refractivity contribution in [2.75, 3.05) is 6.61 Å². The molecule has 1 aliphatic carbocycles. The number of alkyl halides is 2. The summed E-state index contributed by atoms with van der Waals surface area (Å²) < 4.78 is 80.5. The minimum Gasteiger partial charge on any atom is -0.432 e. The van der Waals surface area contributed by atoms with Crippen LogP contribution < -0.4 is 4.74 Å². The molecule has 2 fully saturated rings. The van der Waals surface area contributed by atoms with E-state index >= 15 is 0 Å². The standard InChI is InChI=1S/C23H31F5O2/c1-3-4-5-15-6-11-19(29-13-15)16-7-9-17(10-8-16)23(27,28)30-20-12-18(24)22(26)21(25)14(20)2/h12,15-17,19H,3-11,13H2,1-2H3. The molecule has 1 saturated heterocycles. The number of benzene rings is 1. The number of unbranched alkanes of at least 4 members (excludes halogenated alkanes) is 1. The molecule has 1 saturated carbocycles. The van der Waals surface area contributed by atoms with Gasteiger partial charge in [0.25, 0.3) is 0 Å². The number of rotatable bonds is 7. The van der Waals surface area contributed by atoms with Gasteiger partial charge in [0.05, 0.1) is 12.0 Å². The molecule has 170 valence electrons. The topological polar surface area (TPSA) is 18.5 Å². The van der Waals surface area contributed by atoms with Gasteiger partial charge in [0.15, 0.2) is 17.5 Å². The summed E-state index contributed by atoms with van der Waals surface area (Å²) in [7, 11) is 0. The molecule has 0 N–H and O–H groups in total. The fourth-order valence-corrected chi connectivity index (χ4v) is 4.75. The molecule has 2 unspecified atom stereocenters. The number of hydrogen-bond donors (Lipinski definition) is 0. The van der Waals surface area contributed by atoms with Gasteiger partial charge < -0.3 is 9.47 Å². The lowest BCUT2D eigenvalue weighted by molar-refractivity contribution is -0.226. The van der Waals surface area contributed by atoms with Crippen molar-refractivity contribution in [3.8, 4) is 5.75 Å². The minimum atomic E-state index is -3.58. The van der Waals surface area contributed by atoms with Crippen molar-refractivity contribution in [1.29, 1.82) is 0 Å². The molecule has 1 heterocycles. The normalized spacial score (nSPS) is 27.8. The van der Waals surface area contributed by atoms with E-state index in [1.807, 2.05) is 0 Å². The van der Waals surface area contributed by atoms with Gasteiger partial charge in [-0.3, -0.25) is 0 Å². The lowest BCUT2D eigenvalue weighted by Crippen LogP contribution is -2.40. The quantitative estimate of drug-likeness (QED) is 0.334. The van der Waals surface area contributed by atoms with Crippen LogP contribution in [-0.2, 0) is 4.74 Å². The van der Waals surface area contributed by atoms with E-state index in [9.17, 15) is 22.0 Å². The molecular formula is C23H31F5O2. The maximum Gasteiger partial charge on any atom is 0.400 e. The van der Waals surface area contributed by atoms with Crippen molar-refractivity contribution in [3.05, 3.63) is 29.1 Å². The highest BCUT2D eigenvalue weighted by Crippen LogP contribution is 2.43. The second kappa shape index (κ2) is 9.84. The van der Waals surface area contributed by atoms with Crippen LogP contribution in [0.2, 0.25) is 0 Å². The van der Waals surface area contributed by atoms with Gasteiger partial charge in [-0.2, -0.15) is 8.78 Å². The minimum absolute atomic E-state index is 0.126. The van der Waals surface area contributed by atoms with Gasteiger partial charge in [0, 0.05) is 18.2 Å². The van der Waals surface area contributed by atoms with Crippen LogP contribution >= 0.6 is 0 Å².